The fourth-order valence-electron chi connectivity index (χ4n) is 6.19. The average molecular weight is 609 g/mol. The van der Waals surface area contributed by atoms with Crippen LogP contribution in [0.5, 0.6) is 11.5 Å². The van der Waals surface area contributed by atoms with Crippen molar-refractivity contribution in [3.63, 3.8) is 0 Å². The second-order valence-corrected chi connectivity index (χ2v) is 11.9. The number of para-hydroxylation sites is 1. The number of likely N-dealkylation sites (N-methyl/N-ethyl adjacent to an activating group) is 1. The van der Waals surface area contributed by atoms with Crippen LogP contribution < -0.4 is 16.2 Å². The lowest BCUT2D eigenvalue weighted by atomic mass is 9.94. The number of ether oxygens (including phenoxy) is 2. The highest BCUT2D eigenvalue weighted by atomic mass is 16.5. The molecule has 1 amide bonds. The topological polar surface area (TPSA) is 145 Å². The highest BCUT2D eigenvalue weighted by molar-refractivity contribution is 5.98. The van der Waals surface area contributed by atoms with E-state index in [-0.39, 0.29) is 34.9 Å². The van der Waals surface area contributed by atoms with Crippen LogP contribution in [0.2, 0.25) is 0 Å². The number of imidazole rings is 1. The van der Waals surface area contributed by atoms with Crippen LogP contribution >= 0.6 is 0 Å². The Morgan fingerprint density at radius 2 is 1.82 bits per heavy atom. The number of carbonyl (C=O) groups is 1. The number of nitrogens with two attached hydrogens (primary N) is 1. The van der Waals surface area contributed by atoms with E-state index in [2.05, 4.69) is 27.9 Å². The summed E-state index contributed by atoms with van der Waals surface area (Å²) >= 11 is 0. The van der Waals surface area contributed by atoms with E-state index in [1.807, 2.05) is 44.2 Å². The maximum Gasteiger partial charge on any atom is 0.335 e. The number of fused-ring (bicyclic) bond motifs is 1. The number of rotatable bonds is 10. The summed E-state index contributed by atoms with van der Waals surface area (Å²) in [4.78, 5) is 39.6. The first kappa shape index (κ1) is 30.1. The van der Waals surface area contributed by atoms with Gasteiger partial charge in [0.1, 0.15) is 35.0 Å². The number of nitriles is 1. The first-order valence-corrected chi connectivity index (χ1v) is 15.0. The highest BCUT2D eigenvalue weighted by Gasteiger charge is 2.38. The molecule has 0 unspecified atom stereocenters. The van der Waals surface area contributed by atoms with Gasteiger partial charge in [0, 0.05) is 31.1 Å². The third-order valence-electron chi connectivity index (χ3n) is 8.48. The largest absolute Gasteiger partial charge is 0.457 e. The molecule has 0 radical (unpaired) electrons. The molecule has 0 aliphatic carbocycles. The van der Waals surface area contributed by atoms with Crippen molar-refractivity contribution in [2.45, 2.75) is 38.9 Å². The monoisotopic (exact) mass is 608 g/mol. The van der Waals surface area contributed by atoms with Gasteiger partial charge >= 0.3 is 5.69 Å². The smallest absolute Gasteiger partial charge is 0.335 e. The number of aromatic nitrogens is 4. The van der Waals surface area contributed by atoms with Crippen LogP contribution in [0.3, 0.4) is 0 Å². The van der Waals surface area contributed by atoms with Crippen LogP contribution in [0.15, 0.2) is 77.4 Å². The molecule has 0 bridgehead atoms. The van der Waals surface area contributed by atoms with Gasteiger partial charge in [-0.15, -0.1) is 0 Å². The van der Waals surface area contributed by atoms with Gasteiger partial charge in [0.05, 0.1) is 24.9 Å². The van der Waals surface area contributed by atoms with Crippen molar-refractivity contribution >= 4 is 22.9 Å². The van der Waals surface area contributed by atoms with Gasteiger partial charge in [-0.1, -0.05) is 25.1 Å². The lowest BCUT2D eigenvalue weighted by Gasteiger charge is -2.45. The number of hydrogen-bond acceptors (Lipinski definition) is 9. The second-order valence-electron chi connectivity index (χ2n) is 11.9. The zero-order chi connectivity index (χ0) is 31.7. The first-order chi connectivity index (χ1) is 21.7. The van der Waals surface area contributed by atoms with Crippen LogP contribution in [0.1, 0.15) is 20.8 Å². The van der Waals surface area contributed by atoms with Crippen molar-refractivity contribution in [1.82, 2.24) is 28.9 Å². The van der Waals surface area contributed by atoms with E-state index in [9.17, 15) is 14.9 Å². The summed E-state index contributed by atoms with van der Waals surface area (Å²) in [5.41, 5.74) is 7.01. The molecule has 6 rings (SSSR count). The molecule has 12 nitrogen and oxygen atoms in total. The number of amides is 1. The van der Waals surface area contributed by atoms with E-state index < -0.39 is 5.54 Å². The van der Waals surface area contributed by atoms with E-state index in [4.69, 9.17) is 15.2 Å². The molecule has 2 aromatic heterocycles. The molecule has 0 spiro atoms. The molecule has 2 aromatic carbocycles. The molecule has 0 atom stereocenters. The van der Waals surface area contributed by atoms with Gasteiger partial charge in [-0.2, -0.15) is 5.26 Å². The van der Waals surface area contributed by atoms with Gasteiger partial charge in [0.2, 0.25) is 0 Å². The molecule has 2 fully saturated rings. The summed E-state index contributed by atoms with van der Waals surface area (Å²) in [5.74, 6) is 1.21. The van der Waals surface area contributed by atoms with Gasteiger partial charge in [0.15, 0.2) is 11.5 Å². The molecule has 2 saturated heterocycles. The minimum absolute atomic E-state index is 0.00393. The molecule has 12 heteroatoms. The molecule has 2 N–H and O–H groups in total. The standard InChI is InChI=1S/C33H36N8O4/c1-4-40(25-19-44-20-25)33(2,3)14-23(15-34)31(42)38-16-22(17-38)18-39-30-28(29(35)36-21-37-30)41(32(39)43)24-10-12-27(13-11-24)45-26-8-6-5-7-9-26/h5-14,21-22,25H,4,16-20H2,1-3H3,(H2,35,36,37). The van der Waals surface area contributed by atoms with E-state index in [1.54, 1.807) is 39.8 Å². The van der Waals surface area contributed by atoms with E-state index in [1.165, 1.54) is 10.9 Å². The summed E-state index contributed by atoms with van der Waals surface area (Å²) in [6.45, 7) is 9.32. The molecular weight excluding hydrogens is 572 g/mol. The molecule has 2 aliphatic rings. The van der Waals surface area contributed by atoms with Crippen LogP contribution in [-0.4, -0.2) is 79.2 Å². The third-order valence-corrected chi connectivity index (χ3v) is 8.48. The van der Waals surface area contributed by atoms with Crippen LogP contribution in [0.25, 0.3) is 16.9 Å². The summed E-state index contributed by atoms with van der Waals surface area (Å²) < 4.78 is 14.3. The number of benzene rings is 2. The molecule has 0 saturated carbocycles. The lowest BCUT2D eigenvalue weighted by molar-refractivity contribution is -0.133. The first-order valence-electron chi connectivity index (χ1n) is 15.0. The van der Waals surface area contributed by atoms with Crippen molar-refractivity contribution < 1.29 is 14.3 Å². The Hall–Kier alpha value is -4.99. The summed E-state index contributed by atoms with van der Waals surface area (Å²) in [7, 11) is 0. The number of anilines is 1. The van der Waals surface area contributed by atoms with E-state index >= 15 is 0 Å². The Balaban J connectivity index is 1.19. The van der Waals surface area contributed by atoms with Gasteiger partial charge < -0.3 is 20.1 Å². The SMILES string of the molecule is CCN(C1COC1)C(C)(C)C=C(C#N)C(=O)N1CC(Cn2c(=O)n(-c3ccc(Oc4ccccc4)cc3)c3c(N)ncnc32)C1. The van der Waals surface area contributed by atoms with E-state index in [0.717, 1.165) is 6.54 Å². The third kappa shape index (κ3) is 5.80. The molecule has 4 heterocycles. The molecular formula is C33H36N8O4. The Morgan fingerprint density at radius 1 is 1.13 bits per heavy atom. The number of hydrogen-bond donors (Lipinski definition) is 1. The summed E-state index contributed by atoms with van der Waals surface area (Å²) in [6, 6.07) is 19.0. The predicted molar refractivity (Wildman–Crippen MR) is 169 cm³/mol. The zero-order valence-electron chi connectivity index (χ0n) is 25.6. The number of carbonyl (C=O) groups excluding carboxylic acids is 1. The molecule has 2 aliphatic heterocycles. The lowest BCUT2D eigenvalue weighted by Crippen LogP contribution is -2.57. The molecule has 232 valence electrons. The maximum absolute atomic E-state index is 13.8. The summed E-state index contributed by atoms with van der Waals surface area (Å²) in [5, 5.41) is 9.89. The van der Waals surface area contributed by atoms with Crippen LogP contribution in [0.4, 0.5) is 5.82 Å². The minimum atomic E-state index is -0.491. The zero-order valence-corrected chi connectivity index (χ0v) is 25.6. The van der Waals surface area contributed by atoms with E-state index in [0.29, 0.717) is 61.2 Å². The number of likely N-dealkylation sites (tertiary alicyclic amines) is 1. The van der Waals surface area contributed by atoms with Crippen molar-refractivity contribution in [2.75, 3.05) is 38.6 Å². The Kier molecular flexibility index (Phi) is 8.14. The van der Waals surface area contributed by atoms with Crippen molar-refractivity contribution in [3.8, 4) is 23.3 Å². The number of nitrogen functional groups attached to an aromatic ring is 1. The van der Waals surface area contributed by atoms with Crippen molar-refractivity contribution in [2.24, 2.45) is 5.92 Å². The second kappa shape index (κ2) is 12.2. The average Bonchev–Trinajstić information content (AvgIpc) is 3.27. The molecule has 45 heavy (non-hydrogen) atoms. The number of nitrogens with zero attached hydrogens (tertiary/aromatic N) is 7. The Bertz CT molecular complexity index is 1830. The van der Waals surface area contributed by atoms with Gasteiger partial charge in [-0.05, 0) is 62.9 Å². The normalized spacial score (nSPS) is 16.0. The quantitative estimate of drug-likeness (QED) is 0.212. The van der Waals surface area contributed by atoms with Crippen molar-refractivity contribution in [1.29, 1.82) is 5.26 Å². The fourth-order valence-corrected chi connectivity index (χ4v) is 6.19. The highest BCUT2D eigenvalue weighted by Crippen LogP contribution is 2.28. The summed E-state index contributed by atoms with van der Waals surface area (Å²) in [6.07, 6.45) is 3.10. The van der Waals surface area contributed by atoms with Crippen LogP contribution in [0, 0.1) is 17.2 Å². The maximum atomic E-state index is 13.8. The molecule has 4 aromatic rings. The minimum Gasteiger partial charge on any atom is -0.457 e. The van der Waals surface area contributed by atoms with Gasteiger partial charge in [-0.25, -0.2) is 14.8 Å². The van der Waals surface area contributed by atoms with Gasteiger partial charge in [0.25, 0.3) is 5.91 Å². The van der Waals surface area contributed by atoms with Crippen molar-refractivity contribution in [3.05, 3.63) is 83.1 Å². The Morgan fingerprint density at radius 3 is 2.44 bits per heavy atom. The van der Waals surface area contributed by atoms with Crippen LogP contribution in [-0.2, 0) is 16.1 Å². The Labute approximate surface area is 260 Å². The fraction of sp³-hybridized carbons (Fsp3) is 0.364. The van der Waals surface area contributed by atoms with Gasteiger partial charge in [-0.3, -0.25) is 18.8 Å². The predicted octanol–water partition coefficient (Wildman–Crippen LogP) is 3.36.